The summed E-state index contributed by atoms with van der Waals surface area (Å²) in [7, 11) is 0. The number of ether oxygens (including phenoxy) is 1. The Hall–Kier alpha value is -1.70. The average Bonchev–Trinajstić information content (AvgIpc) is 2.82. The van der Waals surface area contributed by atoms with Crippen molar-refractivity contribution in [3.05, 3.63) is 18.2 Å². The van der Waals surface area contributed by atoms with Crippen LogP contribution in [-0.4, -0.2) is 40.3 Å². The fourth-order valence-electron chi connectivity index (χ4n) is 1.73. The quantitative estimate of drug-likeness (QED) is 0.808. The molecule has 1 heterocycles. The van der Waals surface area contributed by atoms with Gasteiger partial charge in [-0.1, -0.05) is 0 Å². The smallest absolute Gasteiger partial charge is 0.407 e. The number of nitrogens with one attached hydrogen (secondary N) is 2. The van der Waals surface area contributed by atoms with Crippen LogP contribution in [0.2, 0.25) is 0 Å². The van der Waals surface area contributed by atoms with E-state index in [1.165, 1.54) is 0 Å². The number of rotatable bonds is 7. The van der Waals surface area contributed by atoms with Crippen LogP contribution >= 0.6 is 0 Å². The SMILES string of the molecule is CCn1ccnc1CNCC(F)(F)CNC(=O)OC(C)(C)C. The van der Waals surface area contributed by atoms with Gasteiger partial charge in [-0.05, 0) is 27.7 Å². The highest BCUT2D eigenvalue weighted by molar-refractivity contribution is 5.67. The van der Waals surface area contributed by atoms with Crippen LogP contribution < -0.4 is 10.6 Å². The molecule has 0 fully saturated rings. The predicted octanol–water partition coefficient (Wildman–Crippen LogP) is 2.15. The number of amides is 1. The second-order valence-corrected chi connectivity index (χ2v) is 5.94. The molecule has 0 spiro atoms. The van der Waals surface area contributed by atoms with Gasteiger partial charge in [0.25, 0.3) is 5.92 Å². The number of alkyl carbamates (subject to hydrolysis) is 1. The molecule has 2 N–H and O–H groups in total. The summed E-state index contributed by atoms with van der Waals surface area (Å²) in [5, 5.41) is 4.72. The summed E-state index contributed by atoms with van der Waals surface area (Å²) in [5.41, 5.74) is -0.713. The van der Waals surface area contributed by atoms with E-state index >= 15 is 0 Å². The minimum absolute atomic E-state index is 0.239. The topological polar surface area (TPSA) is 68.2 Å². The Morgan fingerprint density at radius 1 is 1.36 bits per heavy atom. The maximum absolute atomic E-state index is 13.7. The second kappa shape index (κ2) is 7.53. The number of carbonyl (C=O) groups excluding carboxylic acids is 1. The van der Waals surface area contributed by atoms with Crippen molar-refractivity contribution < 1.29 is 18.3 Å². The number of halogens is 2. The molecule has 0 aliphatic carbocycles. The van der Waals surface area contributed by atoms with E-state index in [9.17, 15) is 13.6 Å². The van der Waals surface area contributed by atoms with Gasteiger partial charge in [0.15, 0.2) is 0 Å². The molecule has 0 atom stereocenters. The molecule has 0 saturated carbocycles. The molecule has 8 heteroatoms. The number of hydrogen-bond donors (Lipinski definition) is 2. The van der Waals surface area contributed by atoms with Crippen LogP contribution in [0.15, 0.2) is 12.4 Å². The fourth-order valence-corrected chi connectivity index (χ4v) is 1.73. The molecule has 0 aliphatic heterocycles. The molecule has 1 aromatic heterocycles. The third-order valence-electron chi connectivity index (χ3n) is 2.70. The van der Waals surface area contributed by atoms with Crippen molar-refractivity contribution in [3.8, 4) is 0 Å². The van der Waals surface area contributed by atoms with Crippen molar-refractivity contribution in [3.63, 3.8) is 0 Å². The lowest BCUT2D eigenvalue weighted by atomic mass is 10.2. The molecule has 22 heavy (non-hydrogen) atoms. The van der Waals surface area contributed by atoms with Crippen LogP contribution in [0.4, 0.5) is 13.6 Å². The molecule has 0 aromatic carbocycles. The van der Waals surface area contributed by atoms with Gasteiger partial charge in [-0.15, -0.1) is 0 Å². The summed E-state index contributed by atoms with van der Waals surface area (Å²) >= 11 is 0. The molecular weight excluding hydrogens is 294 g/mol. The molecular formula is C14H24F2N4O2. The molecule has 0 bridgehead atoms. The Labute approximate surface area is 129 Å². The molecule has 0 aliphatic rings. The van der Waals surface area contributed by atoms with Crippen LogP contribution in [0.3, 0.4) is 0 Å². The molecule has 1 amide bonds. The highest BCUT2D eigenvalue weighted by atomic mass is 19.3. The van der Waals surface area contributed by atoms with Crippen molar-refractivity contribution in [2.24, 2.45) is 0 Å². The largest absolute Gasteiger partial charge is 0.444 e. The lowest BCUT2D eigenvalue weighted by Gasteiger charge is -2.22. The molecule has 0 radical (unpaired) electrons. The molecule has 0 unspecified atom stereocenters. The Bertz CT molecular complexity index is 483. The number of hydrogen-bond acceptors (Lipinski definition) is 4. The first-order chi connectivity index (χ1) is 10.1. The van der Waals surface area contributed by atoms with Crippen molar-refractivity contribution >= 4 is 6.09 Å². The van der Waals surface area contributed by atoms with Gasteiger partial charge < -0.3 is 19.9 Å². The summed E-state index contributed by atoms with van der Waals surface area (Å²) in [5.74, 6) is -2.38. The van der Waals surface area contributed by atoms with E-state index in [1.807, 2.05) is 11.5 Å². The van der Waals surface area contributed by atoms with Crippen LogP contribution in [0.5, 0.6) is 0 Å². The number of nitrogens with zero attached hydrogens (tertiary/aromatic N) is 2. The molecule has 126 valence electrons. The lowest BCUT2D eigenvalue weighted by Crippen LogP contribution is -2.44. The van der Waals surface area contributed by atoms with E-state index in [0.717, 1.165) is 6.54 Å². The van der Waals surface area contributed by atoms with Gasteiger partial charge in [-0.3, -0.25) is 0 Å². The van der Waals surface area contributed by atoms with E-state index in [-0.39, 0.29) is 6.54 Å². The third-order valence-corrected chi connectivity index (χ3v) is 2.70. The van der Waals surface area contributed by atoms with E-state index in [1.54, 1.807) is 33.2 Å². The third kappa shape index (κ3) is 6.84. The standard InChI is InChI=1S/C14H24F2N4O2/c1-5-20-7-6-18-11(20)8-17-9-14(15,16)10-19-12(21)22-13(2,3)4/h6-7,17H,5,8-10H2,1-4H3,(H,19,21). The Morgan fingerprint density at radius 3 is 2.64 bits per heavy atom. The Kier molecular flexibility index (Phi) is 6.28. The highest BCUT2D eigenvalue weighted by Gasteiger charge is 2.30. The van der Waals surface area contributed by atoms with Gasteiger partial charge in [0.1, 0.15) is 11.4 Å². The van der Waals surface area contributed by atoms with Crippen LogP contribution in [0.25, 0.3) is 0 Å². The lowest BCUT2D eigenvalue weighted by molar-refractivity contribution is -0.00391. The van der Waals surface area contributed by atoms with Crippen molar-refractivity contribution in [2.45, 2.75) is 52.3 Å². The predicted molar refractivity (Wildman–Crippen MR) is 78.8 cm³/mol. The van der Waals surface area contributed by atoms with Gasteiger partial charge in [0.05, 0.1) is 19.6 Å². The highest BCUT2D eigenvalue weighted by Crippen LogP contribution is 2.12. The van der Waals surface area contributed by atoms with Gasteiger partial charge in [0.2, 0.25) is 0 Å². The Balaban J connectivity index is 2.33. The minimum Gasteiger partial charge on any atom is -0.444 e. The zero-order valence-electron chi connectivity index (χ0n) is 13.4. The summed E-state index contributed by atoms with van der Waals surface area (Å²) in [4.78, 5) is 15.4. The maximum Gasteiger partial charge on any atom is 0.407 e. The second-order valence-electron chi connectivity index (χ2n) is 5.94. The van der Waals surface area contributed by atoms with E-state index < -0.39 is 30.7 Å². The number of aromatic nitrogens is 2. The van der Waals surface area contributed by atoms with Crippen molar-refractivity contribution in [1.29, 1.82) is 0 Å². The molecule has 6 nitrogen and oxygen atoms in total. The van der Waals surface area contributed by atoms with E-state index in [2.05, 4.69) is 15.6 Å². The van der Waals surface area contributed by atoms with E-state index in [0.29, 0.717) is 5.82 Å². The Morgan fingerprint density at radius 2 is 2.05 bits per heavy atom. The summed E-state index contributed by atoms with van der Waals surface area (Å²) in [6.45, 7) is 6.59. The maximum atomic E-state index is 13.7. The summed E-state index contributed by atoms with van der Waals surface area (Å²) < 4.78 is 34.1. The van der Waals surface area contributed by atoms with Crippen molar-refractivity contribution in [2.75, 3.05) is 13.1 Å². The van der Waals surface area contributed by atoms with E-state index in [4.69, 9.17) is 4.74 Å². The average molecular weight is 318 g/mol. The molecule has 0 saturated heterocycles. The first-order valence-electron chi connectivity index (χ1n) is 7.18. The van der Waals surface area contributed by atoms with Crippen LogP contribution in [0.1, 0.15) is 33.5 Å². The van der Waals surface area contributed by atoms with Gasteiger partial charge >= 0.3 is 6.09 Å². The minimum atomic E-state index is -3.07. The summed E-state index contributed by atoms with van der Waals surface area (Å²) in [6.07, 6.45) is 2.57. The number of alkyl halides is 2. The zero-order chi connectivity index (χ0) is 16.8. The summed E-state index contributed by atoms with van der Waals surface area (Å²) in [6, 6.07) is 0. The first kappa shape index (κ1) is 18.3. The zero-order valence-corrected chi connectivity index (χ0v) is 13.4. The van der Waals surface area contributed by atoms with Crippen molar-refractivity contribution in [1.82, 2.24) is 20.2 Å². The molecule has 1 aromatic rings. The number of aryl methyl sites for hydroxylation is 1. The van der Waals surface area contributed by atoms with Gasteiger partial charge in [0, 0.05) is 18.9 Å². The monoisotopic (exact) mass is 318 g/mol. The van der Waals surface area contributed by atoms with Crippen LogP contribution in [0, 0.1) is 0 Å². The molecule has 1 rings (SSSR count). The fraction of sp³-hybridized carbons (Fsp3) is 0.714. The van der Waals surface area contributed by atoms with Gasteiger partial charge in [-0.25, -0.2) is 18.6 Å². The number of carbonyl (C=O) groups is 1. The normalized spacial score (nSPS) is 12.3. The first-order valence-corrected chi connectivity index (χ1v) is 7.18. The number of imidazole rings is 1. The van der Waals surface area contributed by atoms with Crippen LogP contribution in [-0.2, 0) is 17.8 Å². The van der Waals surface area contributed by atoms with Gasteiger partial charge in [-0.2, -0.15) is 0 Å².